The Balaban J connectivity index is 2.27. The Morgan fingerprint density at radius 1 is 1.00 bits per heavy atom. The number of hydrogen-bond donors (Lipinski definition) is 2. The van der Waals surface area contributed by atoms with Gasteiger partial charge in [0.1, 0.15) is 17.5 Å². The van der Waals surface area contributed by atoms with Crippen LogP contribution >= 0.6 is 0 Å². The van der Waals surface area contributed by atoms with Gasteiger partial charge in [0.15, 0.2) is 11.6 Å². The molecule has 0 aliphatic rings. The van der Waals surface area contributed by atoms with Crippen molar-refractivity contribution in [2.75, 3.05) is 17.2 Å². The fourth-order valence-electron chi connectivity index (χ4n) is 1.71. The van der Waals surface area contributed by atoms with Crippen molar-refractivity contribution < 1.29 is 8.78 Å². The molecule has 20 heavy (non-hydrogen) atoms. The summed E-state index contributed by atoms with van der Waals surface area (Å²) in [6, 6.07) is 5.35. The van der Waals surface area contributed by atoms with Crippen LogP contribution < -0.4 is 10.6 Å². The van der Waals surface area contributed by atoms with Gasteiger partial charge in [-0.1, -0.05) is 6.92 Å². The van der Waals surface area contributed by atoms with E-state index in [9.17, 15) is 8.78 Å². The lowest BCUT2D eigenvalue weighted by molar-refractivity contribution is 0.509. The van der Waals surface area contributed by atoms with Gasteiger partial charge in [0.25, 0.3) is 0 Å². The molecule has 4 nitrogen and oxygen atoms in total. The lowest BCUT2D eigenvalue weighted by Crippen LogP contribution is -2.05. The summed E-state index contributed by atoms with van der Waals surface area (Å²) in [7, 11) is 0. The number of nitrogens with zero attached hydrogens (tertiary/aromatic N) is 2. The van der Waals surface area contributed by atoms with Crippen LogP contribution in [0.4, 0.5) is 26.1 Å². The van der Waals surface area contributed by atoms with E-state index < -0.39 is 11.6 Å². The molecule has 0 spiro atoms. The fourth-order valence-corrected chi connectivity index (χ4v) is 1.71. The Hall–Kier alpha value is -2.24. The summed E-state index contributed by atoms with van der Waals surface area (Å²) in [6.45, 7) is 4.66. The smallest absolute Gasteiger partial charge is 0.160 e. The van der Waals surface area contributed by atoms with Crippen LogP contribution in [0.2, 0.25) is 0 Å². The molecule has 6 heteroatoms. The van der Waals surface area contributed by atoms with Crippen molar-refractivity contribution in [2.45, 2.75) is 20.3 Å². The van der Waals surface area contributed by atoms with Crippen molar-refractivity contribution in [3.05, 3.63) is 41.7 Å². The average Bonchev–Trinajstić information content (AvgIpc) is 2.43. The zero-order valence-corrected chi connectivity index (χ0v) is 11.4. The molecule has 0 amide bonds. The van der Waals surface area contributed by atoms with Crippen molar-refractivity contribution in [3.8, 4) is 0 Å². The number of aryl methyl sites for hydroxylation is 1. The van der Waals surface area contributed by atoms with Crippen LogP contribution in [0.5, 0.6) is 0 Å². The van der Waals surface area contributed by atoms with E-state index in [0.29, 0.717) is 29.6 Å². The number of nitrogens with one attached hydrogen (secondary N) is 2. The molecule has 0 saturated heterocycles. The van der Waals surface area contributed by atoms with E-state index in [1.807, 2.05) is 13.8 Å². The second-order valence-electron chi connectivity index (χ2n) is 4.19. The topological polar surface area (TPSA) is 49.8 Å². The Morgan fingerprint density at radius 3 is 2.40 bits per heavy atom. The van der Waals surface area contributed by atoms with Crippen molar-refractivity contribution in [2.24, 2.45) is 0 Å². The normalized spacial score (nSPS) is 10.4. The molecule has 2 aromatic rings. The maximum Gasteiger partial charge on any atom is 0.160 e. The Kier molecular flexibility index (Phi) is 4.45. The second kappa shape index (κ2) is 6.27. The highest BCUT2D eigenvalue weighted by molar-refractivity contribution is 5.59. The van der Waals surface area contributed by atoms with Crippen LogP contribution in [0.15, 0.2) is 24.3 Å². The van der Waals surface area contributed by atoms with E-state index in [1.165, 1.54) is 6.07 Å². The molecular formula is C14H16F2N4. The molecule has 2 rings (SSSR count). The first-order valence-corrected chi connectivity index (χ1v) is 6.46. The van der Waals surface area contributed by atoms with E-state index in [2.05, 4.69) is 20.6 Å². The average molecular weight is 278 g/mol. The van der Waals surface area contributed by atoms with E-state index in [0.717, 1.165) is 18.7 Å². The number of hydrogen-bond acceptors (Lipinski definition) is 4. The molecule has 0 aliphatic carbocycles. The molecule has 0 aliphatic heterocycles. The molecule has 1 heterocycles. The summed E-state index contributed by atoms with van der Waals surface area (Å²) in [5.41, 5.74) is 0.437. The first-order chi connectivity index (χ1) is 9.62. The minimum absolute atomic E-state index is 0.437. The van der Waals surface area contributed by atoms with Crippen LogP contribution in [-0.4, -0.2) is 16.5 Å². The number of rotatable bonds is 5. The van der Waals surface area contributed by atoms with Gasteiger partial charge in [0.2, 0.25) is 0 Å². The van der Waals surface area contributed by atoms with Crippen molar-refractivity contribution >= 4 is 17.3 Å². The fraction of sp³-hybridized carbons (Fsp3) is 0.286. The number of halogens is 2. The molecule has 0 atom stereocenters. The monoisotopic (exact) mass is 278 g/mol. The van der Waals surface area contributed by atoms with Gasteiger partial charge in [-0.05, 0) is 19.1 Å². The Labute approximate surface area is 116 Å². The highest BCUT2D eigenvalue weighted by Gasteiger charge is 2.06. The Morgan fingerprint density at radius 2 is 1.75 bits per heavy atom. The molecule has 0 saturated carbocycles. The molecule has 106 valence electrons. The summed E-state index contributed by atoms with van der Waals surface area (Å²) < 4.78 is 26.0. The zero-order chi connectivity index (χ0) is 14.5. The molecule has 0 fully saturated rings. The summed E-state index contributed by atoms with van der Waals surface area (Å²) in [4.78, 5) is 8.62. The maximum atomic E-state index is 13.2. The van der Waals surface area contributed by atoms with Gasteiger partial charge in [-0.25, -0.2) is 18.7 Å². The van der Waals surface area contributed by atoms with Crippen LogP contribution in [0.25, 0.3) is 0 Å². The van der Waals surface area contributed by atoms with Gasteiger partial charge in [-0.2, -0.15) is 0 Å². The molecular weight excluding hydrogens is 262 g/mol. The standard InChI is InChI=1S/C14H16F2N4/c1-3-12-19-13(17-4-2)8-14(20-12)18-9-5-6-10(15)11(16)7-9/h5-8H,3-4H2,1-2H3,(H2,17,18,19,20). The SMILES string of the molecule is CCNc1cc(Nc2ccc(F)c(F)c2)nc(CC)n1. The maximum absolute atomic E-state index is 13.2. The molecule has 1 aromatic carbocycles. The van der Waals surface area contributed by atoms with E-state index in [-0.39, 0.29) is 0 Å². The number of anilines is 3. The lowest BCUT2D eigenvalue weighted by atomic mass is 10.3. The molecule has 2 N–H and O–H groups in total. The van der Waals surface area contributed by atoms with Crippen LogP contribution in [-0.2, 0) is 6.42 Å². The van der Waals surface area contributed by atoms with Gasteiger partial charge < -0.3 is 10.6 Å². The van der Waals surface area contributed by atoms with Gasteiger partial charge in [-0.3, -0.25) is 0 Å². The van der Waals surface area contributed by atoms with E-state index in [1.54, 1.807) is 6.07 Å². The Bertz CT molecular complexity index is 602. The lowest BCUT2D eigenvalue weighted by Gasteiger charge is -2.10. The second-order valence-corrected chi connectivity index (χ2v) is 4.19. The van der Waals surface area contributed by atoms with Crippen molar-refractivity contribution in [1.82, 2.24) is 9.97 Å². The summed E-state index contributed by atoms with van der Waals surface area (Å²) in [5.74, 6) is 0.143. The highest BCUT2D eigenvalue weighted by Crippen LogP contribution is 2.19. The highest BCUT2D eigenvalue weighted by atomic mass is 19.2. The number of aromatic nitrogens is 2. The van der Waals surface area contributed by atoms with Gasteiger partial charge in [0.05, 0.1) is 0 Å². The van der Waals surface area contributed by atoms with Gasteiger partial charge in [0, 0.05) is 30.8 Å². The third kappa shape index (κ3) is 3.40. The van der Waals surface area contributed by atoms with Crippen molar-refractivity contribution in [3.63, 3.8) is 0 Å². The van der Waals surface area contributed by atoms with Crippen molar-refractivity contribution in [1.29, 1.82) is 0 Å². The van der Waals surface area contributed by atoms with E-state index >= 15 is 0 Å². The first kappa shape index (κ1) is 14.2. The predicted octanol–water partition coefficient (Wildman–Crippen LogP) is 3.49. The van der Waals surface area contributed by atoms with Crippen LogP contribution in [0.1, 0.15) is 19.7 Å². The zero-order valence-electron chi connectivity index (χ0n) is 11.4. The molecule has 0 bridgehead atoms. The quantitative estimate of drug-likeness (QED) is 0.879. The van der Waals surface area contributed by atoms with Crippen LogP contribution in [0, 0.1) is 11.6 Å². The largest absolute Gasteiger partial charge is 0.370 e. The minimum atomic E-state index is -0.897. The van der Waals surface area contributed by atoms with Gasteiger partial charge in [-0.15, -0.1) is 0 Å². The third-order valence-electron chi connectivity index (χ3n) is 2.64. The molecule has 0 unspecified atom stereocenters. The van der Waals surface area contributed by atoms with Crippen LogP contribution in [0.3, 0.4) is 0 Å². The van der Waals surface area contributed by atoms with Gasteiger partial charge >= 0.3 is 0 Å². The third-order valence-corrected chi connectivity index (χ3v) is 2.64. The predicted molar refractivity (Wildman–Crippen MR) is 75.2 cm³/mol. The summed E-state index contributed by atoms with van der Waals surface area (Å²) in [5, 5.41) is 6.05. The molecule has 1 aromatic heterocycles. The molecule has 0 radical (unpaired) electrons. The number of benzene rings is 1. The summed E-state index contributed by atoms with van der Waals surface area (Å²) in [6.07, 6.45) is 0.686. The first-order valence-electron chi connectivity index (χ1n) is 6.46. The summed E-state index contributed by atoms with van der Waals surface area (Å²) >= 11 is 0. The minimum Gasteiger partial charge on any atom is -0.370 e. The van der Waals surface area contributed by atoms with E-state index in [4.69, 9.17) is 0 Å².